The zero-order valence-corrected chi connectivity index (χ0v) is 17.7. The predicted molar refractivity (Wildman–Crippen MR) is 117 cm³/mol. The SMILES string of the molecule is Cc1ccc(C(=O)N2CCN(c3cc(Oc4ccccc4Cl)ncn3)CC2C)cc1. The second-order valence-electron chi connectivity index (χ2n) is 7.41. The van der Waals surface area contributed by atoms with E-state index in [1.54, 1.807) is 18.2 Å². The fourth-order valence-corrected chi connectivity index (χ4v) is 3.70. The molecule has 154 valence electrons. The largest absolute Gasteiger partial charge is 0.437 e. The summed E-state index contributed by atoms with van der Waals surface area (Å²) in [7, 11) is 0. The Bertz CT molecular complexity index is 1040. The minimum Gasteiger partial charge on any atom is -0.437 e. The van der Waals surface area contributed by atoms with Crippen molar-refractivity contribution in [3.63, 3.8) is 0 Å². The minimum absolute atomic E-state index is 0.0513. The maximum Gasteiger partial charge on any atom is 0.254 e. The lowest BCUT2D eigenvalue weighted by Crippen LogP contribution is -2.54. The van der Waals surface area contributed by atoms with Gasteiger partial charge in [0.25, 0.3) is 5.91 Å². The van der Waals surface area contributed by atoms with Crippen molar-refractivity contribution in [1.82, 2.24) is 14.9 Å². The second-order valence-corrected chi connectivity index (χ2v) is 7.81. The van der Waals surface area contributed by atoms with Crippen LogP contribution in [0.2, 0.25) is 5.02 Å². The van der Waals surface area contributed by atoms with Gasteiger partial charge in [-0.3, -0.25) is 4.79 Å². The van der Waals surface area contributed by atoms with Gasteiger partial charge in [0.2, 0.25) is 5.88 Å². The van der Waals surface area contributed by atoms with Crippen molar-refractivity contribution >= 4 is 23.3 Å². The molecule has 1 amide bonds. The van der Waals surface area contributed by atoms with Crippen LogP contribution >= 0.6 is 11.6 Å². The Labute approximate surface area is 181 Å². The summed E-state index contributed by atoms with van der Waals surface area (Å²) in [5, 5.41) is 0.523. The van der Waals surface area contributed by atoms with Crippen LogP contribution in [0.1, 0.15) is 22.8 Å². The lowest BCUT2D eigenvalue weighted by molar-refractivity contribution is 0.0673. The third kappa shape index (κ3) is 4.39. The molecule has 6 nitrogen and oxygen atoms in total. The summed E-state index contributed by atoms with van der Waals surface area (Å²) in [6.45, 7) is 6.06. The van der Waals surface area contributed by atoms with Gasteiger partial charge in [-0.1, -0.05) is 41.4 Å². The number of carbonyl (C=O) groups is 1. The Morgan fingerprint density at radius 3 is 2.60 bits per heavy atom. The highest BCUT2D eigenvalue weighted by Crippen LogP contribution is 2.29. The number of hydrogen-bond donors (Lipinski definition) is 0. The van der Waals surface area contributed by atoms with Gasteiger partial charge in [0, 0.05) is 37.3 Å². The van der Waals surface area contributed by atoms with Crippen LogP contribution < -0.4 is 9.64 Å². The van der Waals surface area contributed by atoms with E-state index in [2.05, 4.69) is 21.8 Å². The molecule has 0 aliphatic carbocycles. The Hall–Kier alpha value is -3.12. The molecule has 0 radical (unpaired) electrons. The van der Waals surface area contributed by atoms with Crippen molar-refractivity contribution in [1.29, 1.82) is 0 Å². The lowest BCUT2D eigenvalue weighted by Gasteiger charge is -2.40. The van der Waals surface area contributed by atoms with Gasteiger partial charge < -0.3 is 14.5 Å². The summed E-state index contributed by atoms with van der Waals surface area (Å²) in [4.78, 5) is 25.6. The van der Waals surface area contributed by atoms with Gasteiger partial charge >= 0.3 is 0 Å². The number of para-hydroxylation sites is 1. The quantitative estimate of drug-likeness (QED) is 0.615. The van der Waals surface area contributed by atoms with Crippen LogP contribution in [0, 0.1) is 6.92 Å². The molecule has 2 heterocycles. The first-order chi connectivity index (χ1) is 14.5. The fourth-order valence-electron chi connectivity index (χ4n) is 3.53. The van der Waals surface area contributed by atoms with E-state index in [0.29, 0.717) is 36.3 Å². The predicted octanol–water partition coefficient (Wildman–Crippen LogP) is 4.58. The Morgan fingerprint density at radius 2 is 1.87 bits per heavy atom. The molecule has 3 aromatic rings. The number of halogens is 1. The normalized spacial score (nSPS) is 16.4. The maximum absolute atomic E-state index is 12.9. The number of piperazine rings is 1. The highest BCUT2D eigenvalue weighted by atomic mass is 35.5. The van der Waals surface area contributed by atoms with E-state index in [9.17, 15) is 4.79 Å². The molecule has 1 aliphatic rings. The number of nitrogens with zero attached hydrogens (tertiary/aromatic N) is 4. The Morgan fingerprint density at radius 1 is 1.10 bits per heavy atom. The van der Waals surface area contributed by atoms with Gasteiger partial charge in [-0.15, -0.1) is 0 Å². The van der Waals surface area contributed by atoms with E-state index in [-0.39, 0.29) is 11.9 Å². The molecule has 1 fully saturated rings. The number of hydrogen-bond acceptors (Lipinski definition) is 5. The molecular weight excluding hydrogens is 400 g/mol. The molecule has 0 spiro atoms. The minimum atomic E-state index is 0.0513. The van der Waals surface area contributed by atoms with Crippen LogP contribution in [0.3, 0.4) is 0 Å². The average Bonchev–Trinajstić information content (AvgIpc) is 2.75. The molecule has 1 unspecified atom stereocenters. The maximum atomic E-state index is 12.9. The molecule has 1 aliphatic heterocycles. The second kappa shape index (κ2) is 8.71. The van der Waals surface area contributed by atoms with Crippen molar-refractivity contribution in [3.8, 4) is 11.6 Å². The molecule has 0 saturated carbocycles. The Balaban J connectivity index is 1.45. The van der Waals surface area contributed by atoms with Crippen LogP contribution in [0.5, 0.6) is 11.6 Å². The molecule has 1 saturated heterocycles. The molecule has 2 aromatic carbocycles. The number of amides is 1. The number of ether oxygens (including phenoxy) is 1. The summed E-state index contributed by atoms with van der Waals surface area (Å²) < 4.78 is 5.82. The van der Waals surface area contributed by atoms with Crippen LogP contribution in [-0.4, -0.2) is 46.5 Å². The number of aryl methyl sites for hydroxylation is 1. The number of anilines is 1. The molecular formula is C23H23ClN4O2. The van der Waals surface area contributed by atoms with Crippen molar-refractivity contribution in [2.75, 3.05) is 24.5 Å². The molecule has 0 N–H and O–H groups in total. The van der Waals surface area contributed by atoms with Crippen LogP contribution in [0.4, 0.5) is 5.82 Å². The van der Waals surface area contributed by atoms with Crippen molar-refractivity contribution in [3.05, 3.63) is 77.1 Å². The van der Waals surface area contributed by atoms with Gasteiger partial charge in [-0.05, 0) is 38.1 Å². The van der Waals surface area contributed by atoms with Crippen molar-refractivity contribution in [2.24, 2.45) is 0 Å². The third-order valence-corrected chi connectivity index (χ3v) is 5.50. The zero-order valence-electron chi connectivity index (χ0n) is 17.0. The van der Waals surface area contributed by atoms with E-state index in [1.165, 1.54) is 6.33 Å². The van der Waals surface area contributed by atoms with E-state index >= 15 is 0 Å². The monoisotopic (exact) mass is 422 g/mol. The molecule has 30 heavy (non-hydrogen) atoms. The summed E-state index contributed by atoms with van der Waals surface area (Å²) in [5.74, 6) is 1.80. The van der Waals surface area contributed by atoms with E-state index in [0.717, 1.165) is 16.9 Å². The molecule has 1 atom stereocenters. The van der Waals surface area contributed by atoms with E-state index in [1.807, 2.05) is 48.2 Å². The first kappa shape index (κ1) is 20.2. The smallest absolute Gasteiger partial charge is 0.254 e. The van der Waals surface area contributed by atoms with Gasteiger partial charge in [0.05, 0.1) is 5.02 Å². The van der Waals surface area contributed by atoms with E-state index in [4.69, 9.17) is 16.3 Å². The first-order valence-corrected chi connectivity index (χ1v) is 10.3. The molecule has 7 heteroatoms. The highest BCUT2D eigenvalue weighted by Gasteiger charge is 2.29. The van der Waals surface area contributed by atoms with Crippen LogP contribution in [0.15, 0.2) is 60.9 Å². The van der Waals surface area contributed by atoms with E-state index < -0.39 is 0 Å². The summed E-state index contributed by atoms with van der Waals surface area (Å²) in [5.41, 5.74) is 1.86. The topological polar surface area (TPSA) is 58.6 Å². The van der Waals surface area contributed by atoms with Crippen molar-refractivity contribution < 1.29 is 9.53 Å². The standard InChI is InChI=1S/C23H23ClN4O2/c1-16-7-9-18(10-8-16)23(29)28-12-11-27(14-17(28)2)21-13-22(26-15-25-21)30-20-6-4-3-5-19(20)24/h3-10,13,15,17H,11-12,14H2,1-2H3. The number of rotatable bonds is 4. The zero-order chi connectivity index (χ0) is 21.1. The lowest BCUT2D eigenvalue weighted by atomic mass is 10.1. The van der Waals surface area contributed by atoms with Gasteiger partial charge in [0.15, 0.2) is 0 Å². The molecule has 4 rings (SSSR count). The first-order valence-electron chi connectivity index (χ1n) is 9.88. The van der Waals surface area contributed by atoms with Gasteiger partial charge in [0.1, 0.15) is 17.9 Å². The third-order valence-electron chi connectivity index (χ3n) is 5.19. The summed E-state index contributed by atoms with van der Waals surface area (Å²) >= 11 is 6.17. The van der Waals surface area contributed by atoms with Crippen molar-refractivity contribution in [2.45, 2.75) is 19.9 Å². The fraction of sp³-hybridized carbons (Fsp3) is 0.261. The summed E-state index contributed by atoms with van der Waals surface area (Å²) in [6, 6.07) is 16.8. The Kier molecular flexibility index (Phi) is 5.86. The highest BCUT2D eigenvalue weighted by molar-refractivity contribution is 6.32. The van der Waals surface area contributed by atoms with Gasteiger partial charge in [-0.25, -0.2) is 9.97 Å². The van der Waals surface area contributed by atoms with Crippen LogP contribution in [-0.2, 0) is 0 Å². The number of carbonyl (C=O) groups excluding carboxylic acids is 1. The number of benzene rings is 2. The average molecular weight is 423 g/mol. The molecule has 1 aromatic heterocycles. The van der Waals surface area contributed by atoms with Crippen LogP contribution in [0.25, 0.3) is 0 Å². The number of aromatic nitrogens is 2. The van der Waals surface area contributed by atoms with Gasteiger partial charge in [-0.2, -0.15) is 0 Å². The molecule has 0 bridgehead atoms. The summed E-state index contributed by atoms with van der Waals surface area (Å²) in [6.07, 6.45) is 1.48.